The zero-order chi connectivity index (χ0) is 14.1. The summed E-state index contributed by atoms with van der Waals surface area (Å²) in [6.07, 6.45) is 5.78. The second kappa shape index (κ2) is 5.20. The van der Waals surface area contributed by atoms with Crippen LogP contribution in [0.4, 0.5) is 0 Å². The second-order valence-electron chi connectivity index (χ2n) is 4.70. The van der Waals surface area contributed by atoms with Crippen molar-refractivity contribution in [1.29, 1.82) is 0 Å². The molecule has 2 aromatic heterocycles. The summed E-state index contributed by atoms with van der Waals surface area (Å²) >= 11 is 5.91. The molecule has 0 bridgehead atoms. The van der Waals surface area contributed by atoms with Crippen molar-refractivity contribution in [3.63, 3.8) is 0 Å². The van der Waals surface area contributed by atoms with E-state index in [0.29, 0.717) is 10.7 Å². The fraction of sp³-hybridized carbons (Fsp3) is 0.385. The lowest BCUT2D eigenvalue weighted by atomic mass is 10.2. The Morgan fingerprint density at radius 2 is 2.30 bits per heavy atom. The maximum Gasteiger partial charge on any atom is 0.247 e. The van der Waals surface area contributed by atoms with Gasteiger partial charge in [-0.15, -0.1) is 5.10 Å². The van der Waals surface area contributed by atoms with Gasteiger partial charge in [0.05, 0.1) is 11.2 Å². The van der Waals surface area contributed by atoms with Gasteiger partial charge in [-0.3, -0.25) is 9.78 Å². The van der Waals surface area contributed by atoms with Crippen molar-refractivity contribution >= 4 is 17.5 Å². The summed E-state index contributed by atoms with van der Waals surface area (Å²) in [5.74, 6) is 0.105. The van der Waals surface area contributed by atoms with Crippen LogP contribution in [0.1, 0.15) is 19.4 Å². The number of carbonyl (C=O) groups is 1. The van der Waals surface area contributed by atoms with Crippen LogP contribution < -0.4 is 0 Å². The third kappa shape index (κ3) is 2.27. The first-order chi connectivity index (χ1) is 9.69. The topological polar surface area (TPSA) is 63.9 Å². The molecule has 7 heteroatoms. The van der Waals surface area contributed by atoms with Crippen LogP contribution in [0.5, 0.6) is 0 Å². The Hall–Kier alpha value is -1.95. The lowest BCUT2D eigenvalue weighted by molar-refractivity contribution is -0.130. The van der Waals surface area contributed by atoms with E-state index in [1.165, 1.54) is 0 Å². The summed E-state index contributed by atoms with van der Waals surface area (Å²) in [6.45, 7) is 3.48. The van der Waals surface area contributed by atoms with Gasteiger partial charge in [0.25, 0.3) is 0 Å². The largest absolute Gasteiger partial charge is 0.341 e. The van der Waals surface area contributed by atoms with Crippen molar-refractivity contribution in [2.75, 3.05) is 13.1 Å². The number of amides is 1. The number of hydrogen-bond donors (Lipinski definition) is 0. The van der Waals surface area contributed by atoms with Crippen molar-refractivity contribution in [2.24, 2.45) is 0 Å². The number of hydrogen-bond acceptors (Lipinski definition) is 4. The van der Waals surface area contributed by atoms with Gasteiger partial charge in [-0.05, 0) is 19.4 Å². The van der Waals surface area contributed by atoms with E-state index >= 15 is 0 Å². The highest BCUT2D eigenvalue weighted by Gasteiger charge is 2.32. The van der Waals surface area contributed by atoms with Crippen LogP contribution in [-0.2, 0) is 4.79 Å². The Kier molecular flexibility index (Phi) is 3.40. The second-order valence-corrected chi connectivity index (χ2v) is 5.13. The molecule has 0 N–H and O–H groups in total. The van der Waals surface area contributed by atoms with E-state index in [2.05, 4.69) is 15.3 Å². The van der Waals surface area contributed by atoms with E-state index < -0.39 is 0 Å². The molecule has 104 valence electrons. The summed E-state index contributed by atoms with van der Waals surface area (Å²) in [5, 5.41) is 8.72. The van der Waals surface area contributed by atoms with Crippen LogP contribution in [0.3, 0.4) is 0 Å². The summed E-state index contributed by atoms with van der Waals surface area (Å²) in [7, 11) is 0. The van der Waals surface area contributed by atoms with Crippen molar-refractivity contribution in [3.8, 4) is 11.3 Å². The Bertz CT molecular complexity index is 641. The third-order valence-electron chi connectivity index (χ3n) is 3.48. The van der Waals surface area contributed by atoms with Crippen LogP contribution >= 0.6 is 11.6 Å². The number of carbonyl (C=O) groups excluding carboxylic acids is 1. The maximum absolute atomic E-state index is 12.1. The zero-order valence-corrected chi connectivity index (χ0v) is 11.8. The van der Waals surface area contributed by atoms with E-state index in [1.807, 2.05) is 11.8 Å². The number of likely N-dealkylation sites (tertiary alicyclic amines) is 1. The van der Waals surface area contributed by atoms with E-state index in [1.54, 1.807) is 29.3 Å². The Morgan fingerprint density at radius 1 is 1.45 bits per heavy atom. The van der Waals surface area contributed by atoms with Crippen molar-refractivity contribution < 1.29 is 4.79 Å². The number of likely N-dealkylation sites (N-methyl/N-ethyl adjacent to an activating group) is 1. The van der Waals surface area contributed by atoms with Gasteiger partial charge < -0.3 is 4.90 Å². The average molecular weight is 292 g/mol. The summed E-state index contributed by atoms with van der Waals surface area (Å²) in [6, 6.07) is 1.53. The summed E-state index contributed by atoms with van der Waals surface area (Å²) < 4.78 is 1.63. The number of nitrogens with zero attached hydrogens (tertiary/aromatic N) is 5. The van der Waals surface area contributed by atoms with E-state index in [9.17, 15) is 4.79 Å². The third-order valence-corrected chi connectivity index (χ3v) is 3.69. The molecule has 1 unspecified atom stereocenters. The molecule has 3 rings (SSSR count). The minimum Gasteiger partial charge on any atom is -0.341 e. The minimum absolute atomic E-state index is 0.105. The molecule has 1 aliphatic rings. The highest BCUT2D eigenvalue weighted by atomic mass is 35.5. The molecular weight excluding hydrogens is 278 g/mol. The van der Waals surface area contributed by atoms with Gasteiger partial charge in [0.2, 0.25) is 5.91 Å². The SMILES string of the molecule is CCN1CCC(n2cc(-c3cncc(Cl)c3)nn2)C1=O. The molecule has 0 radical (unpaired) electrons. The predicted octanol–water partition coefficient (Wildman–Crippen LogP) is 1.79. The number of aromatic nitrogens is 4. The van der Waals surface area contributed by atoms with Crippen LogP contribution in [-0.4, -0.2) is 43.9 Å². The molecular formula is C13H14ClN5O. The van der Waals surface area contributed by atoms with Crippen molar-refractivity contribution in [1.82, 2.24) is 24.9 Å². The summed E-state index contributed by atoms with van der Waals surface area (Å²) in [4.78, 5) is 18.0. The zero-order valence-electron chi connectivity index (χ0n) is 11.0. The first-order valence-electron chi connectivity index (χ1n) is 6.50. The number of halogens is 1. The first kappa shape index (κ1) is 13.1. The monoisotopic (exact) mass is 291 g/mol. The molecule has 0 spiro atoms. The predicted molar refractivity (Wildman–Crippen MR) is 74.2 cm³/mol. The molecule has 1 fully saturated rings. The molecule has 6 nitrogen and oxygen atoms in total. The normalized spacial score (nSPS) is 18.8. The molecule has 20 heavy (non-hydrogen) atoms. The van der Waals surface area contributed by atoms with Crippen LogP contribution in [0.2, 0.25) is 5.02 Å². The van der Waals surface area contributed by atoms with Crippen LogP contribution in [0.15, 0.2) is 24.7 Å². The Morgan fingerprint density at radius 3 is 3.00 bits per heavy atom. The summed E-state index contributed by atoms with van der Waals surface area (Å²) in [5.41, 5.74) is 1.46. The van der Waals surface area contributed by atoms with Gasteiger partial charge >= 0.3 is 0 Å². The fourth-order valence-corrected chi connectivity index (χ4v) is 2.57. The van der Waals surface area contributed by atoms with Crippen LogP contribution in [0.25, 0.3) is 11.3 Å². The number of pyridine rings is 1. The Balaban J connectivity index is 1.86. The molecule has 0 aromatic carbocycles. The van der Waals surface area contributed by atoms with Gasteiger partial charge in [-0.1, -0.05) is 16.8 Å². The molecule has 2 aromatic rings. The highest BCUT2D eigenvalue weighted by molar-refractivity contribution is 6.30. The molecule has 3 heterocycles. The van der Waals surface area contributed by atoms with Crippen LogP contribution in [0, 0.1) is 0 Å². The van der Waals surface area contributed by atoms with Gasteiger partial charge in [0.15, 0.2) is 0 Å². The van der Waals surface area contributed by atoms with E-state index in [0.717, 1.165) is 25.1 Å². The minimum atomic E-state index is -0.247. The van der Waals surface area contributed by atoms with E-state index in [-0.39, 0.29) is 11.9 Å². The van der Waals surface area contributed by atoms with Gasteiger partial charge in [-0.2, -0.15) is 0 Å². The standard InChI is InChI=1S/C13H14ClN5O/c1-2-18-4-3-12(13(18)20)19-8-11(16-17-19)9-5-10(14)7-15-6-9/h5-8,12H,2-4H2,1H3. The average Bonchev–Trinajstić information content (AvgIpc) is 3.05. The maximum atomic E-state index is 12.1. The van der Waals surface area contributed by atoms with Gasteiger partial charge in [0.1, 0.15) is 11.7 Å². The number of rotatable bonds is 3. The lowest BCUT2D eigenvalue weighted by Gasteiger charge is -2.13. The molecule has 0 saturated carbocycles. The molecule has 1 aliphatic heterocycles. The smallest absolute Gasteiger partial charge is 0.247 e. The van der Waals surface area contributed by atoms with Gasteiger partial charge in [-0.25, -0.2) is 4.68 Å². The quantitative estimate of drug-likeness (QED) is 0.865. The first-order valence-corrected chi connectivity index (χ1v) is 6.88. The van der Waals surface area contributed by atoms with Gasteiger partial charge in [0, 0.05) is 31.0 Å². The fourth-order valence-electron chi connectivity index (χ4n) is 2.40. The molecule has 1 saturated heterocycles. The molecule has 1 amide bonds. The van der Waals surface area contributed by atoms with Crippen molar-refractivity contribution in [2.45, 2.75) is 19.4 Å². The Labute approximate surface area is 121 Å². The lowest BCUT2D eigenvalue weighted by Crippen LogP contribution is -2.28. The molecule has 1 atom stereocenters. The molecule has 0 aliphatic carbocycles. The van der Waals surface area contributed by atoms with E-state index in [4.69, 9.17) is 11.6 Å². The highest BCUT2D eigenvalue weighted by Crippen LogP contribution is 2.25. The van der Waals surface area contributed by atoms with Crippen molar-refractivity contribution in [3.05, 3.63) is 29.7 Å².